The Bertz CT molecular complexity index is 968. The topological polar surface area (TPSA) is 72.8 Å². The SMILES string of the molecule is CC1(C)[C@H]2C[C@@H]1[C@@H]1COCOC[C@H]3[C@H]4C[C@@H](C[C@@H]3S(=O)C([C@H](O)c3ccccc3)S(=O)[C@H]1C2)C4(C)C. The van der Waals surface area contributed by atoms with E-state index in [0.29, 0.717) is 42.4 Å². The highest BCUT2D eigenvalue weighted by atomic mass is 32.2. The monoisotopic (exact) mass is 534 g/mol. The lowest BCUT2D eigenvalue weighted by Crippen LogP contribution is -2.62. The van der Waals surface area contributed by atoms with Crippen LogP contribution in [0.3, 0.4) is 0 Å². The molecule has 36 heavy (non-hydrogen) atoms. The highest BCUT2D eigenvalue weighted by molar-refractivity contribution is 8.03. The van der Waals surface area contributed by atoms with E-state index in [2.05, 4.69) is 27.7 Å². The maximum Gasteiger partial charge on any atom is 0.146 e. The van der Waals surface area contributed by atoms with Crippen molar-refractivity contribution in [2.24, 2.45) is 46.3 Å². The molecule has 1 aromatic rings. The molecule has 7 fully saturated rings. The maximum absolute atomic E-state index is 14.6. The summed E-state index contributed by atoms with van der Waals surface area (Å²) in [5.74, 6) is 2.18. The molecule has 1 N–H and O–H groups in total. The van der Waals surface area contributed by atoms with Gasteiger partial charge in [-0.3, -0.25) is 8.42 Å². The van der Waals surface area contributed by atoms with Crippen molar-refractivity contribution in [1.29, 1.82) is 0 Å². The number of aliphatic hydroxyl groups is 1. The van der Waals surface area contributed by atoms with Crippen molar-refractivity contribution in [3.63, 3.8) is 0 Å². The van der Waals surface area contributed by atoms with Gasteiger partial charge in [0.2, 0.25) is 0 Å². The molecular formula is C29H42O5S2. The van der Waals surface area contributed by atoms with Gasteiger partial charge in [-0.1, -0.05) is 58.0 Å². The Balaban J connectivity index is 1.38. The van der Waals surface area contributed by atoms with Crippen LogP contribution in [0.25, 0.3) is 0 Å². The lowest BCUT2D eigenvalue weighted by atomic mass is 9.45. The molecule has 1 heterocycles. The Labute approximate surface area is 221 Å². The van der Waals surface area contributed by atoms with Gasteiger partial charge in [0.25, 0.3) is 0 Å². The van der Waals surface area contributed by atoms with Gasteiger partial charge in [-0.05, 0) is 65.7 Å². The Morgan fingerprint density at radius 2 is 1.28 bits per heavy atom. The van der Waals surface area contributed by atoms with Gasteiger partial charge in [0, 0.05) is 43.9 Å². The van der Waals surface area contributed by atoms with E-state index in [1.54, 1.807) is 0 Å². The minimum atomic E-state index is -1.44. The van der Waals surface area contributed by atoms with Crippen molar-refractivity contribution in [2.45, 2.75) is 74.6 Å². The zero-order valence-corrected chi connectivity index (χ0v) is 23.6. The summed E-state index contributed by atoms with van der Waals surface area (Å²) < 4.78 is 40.5. The van der Waals surface area contributed by atoms with Crippen molar-refractivity contribution < 1.29 is 23.0 Å². The number of ether oxygens (including phenoxy) is 2. The predicted octanol–water partition coefficient (Wildman–Crippen LogP) is 4.65. The highest BCUT2D eigenvalue weighted by Crippen LogP contribution is 2.64. The van der Waals surface area contributed by atoms with Crippen LogP contribution in [0, 0.1) is 46.3 Å². The Morgan fingerprint density at radius 3 is 1.72 bits per heavy atom. The van der Waals surface area contributed by atoms with E-state index in [1.165, 1.54) is 0 Å². The van der Waals surface area contributed by atoms with Crippen LogP contribution in [-0.4, -0.2) is 48.6 Å². The van der Waals surface area contributed by atoms with Gasteiger partial charge < -0.3 is 14.6 Å². The van der Waals surface area contributed by atoms with Crippen molar-refractivity contribution in [3.05, 3.63) is 35.9 Å². The summed E-state index contributed by atoms with van der Waals surface area (Å²) in [5, 5.41) is 11.5. The second-order valence-corrected chi connectivity index (χ2v) is 17.2. The highest BCUT2D eigenvalue weighted by Gasteiger charge is 2.62. The van der Waals surface area contributed by atoms with E-state index in [1.807, 2.05) is 30.3 Å². The van der Waals surface area contributed by atoms with Crippen LogP contribution in [0.1, 0.15) is 65.0 Å². The van der Waals surface area contributed by atoms with Crippen LogP contribution in [0.4, 0.5) is 0 Å². The number of hydrogen-bond acceptors (Lipinski definition) is 5. The Hall–Kier alpha value is -0.600. The standard InChI is InChI=1S/C29H42O5S2/c1-28(2)18-10-22(28)20-14-33-16-34-15-21-23-11-19(29(23,3)4)13-25(21)36(32)27(35(31)24(20)12-18)26(30)17-8-6-5-7-9-17/h5-9,18-27,30H,10-16H2,1-4H3/t18-,19-,20-,21-,22+,23+,24-,25-,26+,27?,35?,36?/m0/s1. The van der Waals surface area contributed by atoms with Crippen molar-refractivity contribution in [3.8, 4) is 0 Å². The first-order valence-electron chi connectivity index (χ1n) is 13.8. The summed E-state index contributed by atoms with van der Waals surface area (Å²) in [5.41, 5.74) is 1.13. The molecule has 2 unspecified atom stereocenters. The largest absolute Gasteiger partial charge is 0.386 e. The van der Waals surface area contributed by atoms with Gasteiger partial charge >= 0.3 is 0 Å². The van der Waals surface area contributed by atoms with Gasteiger partial charge in [0.15, 0.2) is 0 Å². The lowest BCUT2D eigenvalue weighted by molar-refractivity contribution is -0.159. The number of rotatable bonds is 2. The van der Waals surface area contributed by atoms with Crippen LogP contribution >= 0.6 is 0 Å². The van der Waals surface area contributed by atoms with Gasteiger partial charge in [-0.2, -0.15) is 0 Å². The van der Waals surface area contributed by atoms with Crippen molar-refractivity contribution in [1.82, 2.24) is 0 Å². The first kappa shape index (κ1) is 25.7. The summed E-state index contributed by atoms with van der Waals surface area (Å²) in [6, 6.07) is 9.45. The molecule has 0 radical (unpaired) electrons. The third-order valence-electron chi connectivity index (χ3n) is 11.4. The van der Waals surface area contributed by atoms with E-state index < -0.39 is 32.3 Å². The average Bonchev–Trinajstić information content (AvgIpc) is 2.87. The molecule has 7 heteroatoms. The Morgan fingerprint density at radius 1 is 0.806 bits per heavy atom. The van der Waals surface area contributed by atoms with Gasteiger partial charge in [0.1, 0.15) is 17.5 Å². The van der Waals surface area contributed by atoms with Gasteiger partial charge in [0.05, 0.1) is 13.2 Å². The molecule has 1 aromatic carbocycles. The molecule has 6 aliphatic carbocycles. The summed E-state index contributed by atoms with van der Waals surface area (Å²) in [7, 11) is -2.88. The molecule has 0 aromatic heterocycles. The van der Waals surface area contributed by atoms with Crippen LogP contribution in [0.15, 0.2) is 30.3 Å². The van der Waals surface area contributed by atoms with Crippen molar-refractivity contribution >= 4 is 21.6 Å². The molecule has 1 saturated heterocycles. The van der Waals surface area contributed by atoms with E-state index in [0.717, 1.165) is 25.7 Å². The second-order valence-electron chi connectivity index (χ2n) is 13.3. The molecule has 8 rings (SSSR count). The average molecular weight is 535 g/mol. The summed E-state index contributed by atoms with van der Waals surface area (Å²) >= 11 is 0. The quantitative estimate of drug-likeness (QED) is 0.598. The first-order valence-corrected chi connectivity index (χ1v) is 16.3. The fourth-order valence-corrected chi connectivity index (χ4v) is 13.9. The first-order chi connectivity index (χ1) is 17.1. The smallest absolute Gasteiger partial charge is 0.146 e. The van der Waals surface area contributed by atoms with Crippen LogP contribution < -0.4 is 0 Å². The molecule has 11 atom stereocenters. The van der Waals surface area contributed by atoms with Gasteiger partial charge in [-0.25, -0.2) is 0 Å². The van der Waals surface area contributed by atoms with E-state index >= 15 is 0 Å². The third kappa shape index (κ3) is 3.85. The number of hydrogen-bond donors (Lipinski definition) is 1. The third-order valence-corrected chi connectivity index (χ3v) is 16.2. The fourth-order valence-electron chi connectivity index (χ4n) is 8.70. The lowest BCUT2D eigenvalue weighted by Gasteiger charge is -2.63. The Kier molecular flexibility index (Phi) is 6.60. The fraction of sp³-hybridized carbons (Fsp3) is 0.793. The molecule has 5 nitrogen and oxygen atoms in total. The van der Waals surface area contributed by atoms with Crippen molar-refractivity contribution in [2.75, 3.05) is 20.0 Å². The second kappa shape index (κ2) is 9.25. The van der Waals surface area contributed by atoms with Crippen LogP contribution in [0.5, 0.6) is 0 Å². The normalized spacial score (nSPS) is 48.0. The van der Waals surface area contributed by atoms with E-state index in [-0.39, 0.29) is 40.0 Å². The number of aliphatic hydroxyl groups excluding tert-OH is 1. The molecule has 0 spiro atoms. The van der Waals surface area contributed by atoms with Gasteiger partial charge in [-0.15, -0.1) is 0 Å². The molecule has 1 aliphatic heterocycles. The van der Waals surface area contributed by atoms with Crippen LogP contribution in [-0.2, 0) is 31.1 Å². The molecular weight excluding hydrogens is 492 g/mol. The minimum Gasteiger partial charge on any atom is -0.386 e. The number of benzene rings is 1. The zero-order valence-electron chi connectivity index (χ0n) is 22.0. The van der Waals surface area contributed by atoms with E-state index in [4.69, 9.17) is 9.47 Å². The summed E-state index contributed by atoms with van der Waals surface area (Å²) in [4.78, 5) is 0. The maximum atomic E-state index is 14.6. The zero-order chi connectivity index (χ0) is 25.4. The summed E-state index contributed by atoms with van der Waals surface area (Å²) in [6.45, 7) is 10.6. The molecule has 6 saturated carbocycles. The minimum absolute atomic E-state index is 0.110. The molecule has 4 bridgehead atoms. The molecule has 200 valence electrons. The molecule has 0 amide bonds. The summed E-state index contributed by atoms with van der Waals surface area (Å²) in [6.07, 6.45) is 2.98. The molecule has 7 aliphatic rings. The van der Waals surface area contributed by atoms with E-state index in [9.17, 15) is 13.5 Å². The van der Waals surface area contributed by atoms with Crippen LogP contribution in [0.2, 0.25) is 0 Å². The predicted molar refractivity (Wildman–Crippen MR) is 143 cm³/mol.